The van der Waals surface area contributed by atoms with E-state index in [1.54, 1.807) is 23.0 Å². The highest BCUT2D eigenvalue weighted by molar-refractivity contribution is 5.86. The molecule has 1 saturated carbocycles. The molecule has 0 bridgehead atoms. The number of Topliss-reactive ketones (excluding diaryl/α,β-unsaturated/α-hetero) is 1. The van der Waals surface area contributed by atoms with Gasteiger partial charge in [0.15, 0.2) is 0 Å². The topological polar surface area (TPSA) is 56.2 Å². The predicted molar refractivity (Wildman–Crippen MR) is 109 cm³/mol. The van der Waals surface area contributed by atoms with Crippen molar-refractivity contribution in [3.05, 3.63) is 47.8 Å². The van der Waals surface area contributed by atoms with Crippen molar-refractivity contribution in [3.8, 4) is 5.75 Å². The normalized spacial score (nSPS) is 26.7. The van der Waals surface area contributed by atoms with Crippen LogP contribution in [0.15, 0.2) is 36.7 Å². The molecule has 2 fully saturated rings. The Labute approximate surface area is 180 Å². The summed E-state index contributed by atoms with van der Waals surface area (Å²) < 4.78 is 42.6. The minimum Gasteiger partial charge on any atom is -0.406 e. The van der Waals surface area contributed by atoms with Gasteiger partial charge in [-0.15, -0.1) is 13.2 Å². The number of piperidine rings is 1. The van der Waals surface area contributed by atoms with Crippen molar-refractivity contribution in [2.45, 2.75) is 64.5 Å². The molecule has 0 amide bonds. The van der Waals surface area contributed by atoms with Crippen LogP contribution >= 0.6 is 0 Å². The maximum atomic E-state index is 13.3. The fourth-order valence-corrected chi connectivity index (χ4v) is 5.04. The summed E-state index contributed by atoms with van der Waals surface area (Å²) >= 11 is 0. The van der Waals surface area contributed by atoms with Crippen LogP contribution in [0, 0.1) is 17.8 Å². The number of aromatic nitrogens is 2. The number of rotatable bonds is 5. The lowest BCUT2D eigenvalue weighted by molar-refractivity contribution is -0.274. The third-order valence-corrected chi connectivity index (χ3v) is 6.44. The Balaban J connectivity index is 1.49. The molecular weight excluding hydrogens is 407 g/mol. The number of hydrogen-bond donors (Lipinski definition) is 1. The Kier molecular flexibility index (Phi) is 6.10. The number of nitrogens with zero attached hydrogens (tertiary/aromatic N) is 2. The Hall–Kier alpha value is -2.35. The van der Waals surface area contributed by atoms with Gasteiger partial charge in [0.2, 0.25) is 0 Å². The Bertz CT molecular complexity index is 908. The first-order valence-corrected chi connectivity index (χ1v) is 10.9. The zero-order valence-electron chi connectivity index (χ0n) is 17.7. The molecule has 8 heteroatoms. The van der Waals surface area contributed by atoms with E-state index in [1.807, 2.05) is 6.20 Å². The summed E-state index contributed by atoms with van der Waals surface area (Å²) in [6, 6.07) is 5.94. The SMILES string of the molecule is CC(C)C1C(=O)C2CCCCC2NC1c1cnn(Cc2ccc(OC(F)(F)F)cc2)c1. The molecule has 1 N–H and O–H groups in total. The zero-order chi connectivity index (χ0) is 22.2. The van der Waals surface area contributed by atoms with Crippen LogP contribution in [0.25, 0.3) is 0 Å². The molecule has 1 aliphatic carbocycles. The van der Waals surface area contributed by atoms with Crippen LogP contribution in [0.4, 0.5) is 13.2 Å². The van der Waals surface area contributed by atoms with E-state index in [0.717, 1.165) is 36.8 Å². The zero-order valence-corrected chi connectivity index (χ0v) is 17.7. The monoisotopic (exact) mass is 435 g/mol. The number of carbonyl (C=O) groups excluding carboxylic acids is 1. The molecule has 4 atom stereocenters. The molecule has 1 aromatic heterocycles. The fourth-order valence-electron chi connectivity index (χ4n) is 5.04. The van der Waals surface area contributed by atoms with Crippen LogP contribution in [0.5, 0.6) is 5.75 Å². The predicted octanol–water partition coefficient (Wildman–Crippen LogP) is 4.87. The minimum atomic E-state index is -4.70. The van der Waals surface area contributed by atoms with Gasteiger partial charge < -0.3 is 10.1 Å². The molecule has 4 unspecified atom stereocenters. The second kappa shape index (κ2) is 8.65. The van der Waals surface area contributed by atoms with Gasteiger partial charge in [0.05, 0.1) is 12.7 Å². The van der Waals surface area contributed by atoms with Gasteiger partial charge in [-0.1, -0.05) is 38.8 Å². The van der Waals surface area contributed by atoms with Crippen molar-refractivity contribution in [1.82, 2.24) is 15.1 Å². The molecule has 2 heterocycles. The third kappa shape index (κ3) is 4.95. The smallest absolute Gasteiger partial charge is 0.406 e. The quantitative estimate of drug-likeness (QED) is 0.728. The number of carbonyl (C=O) groups is 1. The molecule has 4 rings (SSSR count). The average Bonchev–Trinajstić information content (AvgIpc) is 3.16. The maximum Gasteiger partial charge on any atom is 0.573 e. The minimum absolute atomic E-state index is 0.0665. The first kappa shape index (κ1) is 21.9. The summed E-state index contributed by atoms with van der Waals surface area (Å²) in [6.45, 7) is 4.61. The first-order valence-electron chi connectivity index (χ1n) is 10.9. The number of ketones is 1. The van der Waals surface area contributed by atoms with Gasteiger partial charge in [0.25, 0.3) is 0 Å². The van der Waals surface area contributed by atoms with Gasteiger partial charge in [0, 0.05) is 35.7 Å². The summed E-state index contributed by atoms with van der Waals surface area (Å²) in [5, 5.41) is 8.19. The summed E-state index contributed by atoms with van der Waals surface area (Å²) in [4.78, 5) is 13.3. The van der Waals surface area contributed by atoms with Gasteiger partial charge in [0.1, 0.15) is 11.5 Å². The maximum absolute atomic E-state index is 13.3. The lowest BCUT2D eigenvalue weighted by Gasteiger charge is -2.45. The molecule has 0 spiro atoms. The second-order valence-corrected chi connectivity index (χ2v) is 8.98. The van der Waals surface area contributed by atoms with Crippen molar-refractivity contribution in [1.29, 1.82) is 0 Å². The largest absolute Gasteiger partial charge is 0.573 e. The second-order valence-electron chi connectivity index (χ2n) is 8.98. The number of hydrogen-bond acceptors (Lipinski definition) is 4. The highest BCUT2D eigenvalue weighted by atomic mass is 19.4. The van der Waals surface area contributed by atoms with E-state index in [4.69, 9.17) is 0 Å². The summed E-state index contributed by atoms with van der Waals surface area (Å²) in [5.74, 6) is 0.374. The van der Waals surface area contributed by atoms with Crippen LogP contribution in [-0.4, -0.2) is 28.0 Å². The van der Waals surface area contributed by atoms with Gasteiger partial charge in [-0.3, -0.25) is 9.48 Å². The molecule has 1 aromatic carbocycles. The lowest BCUT2D eigenvalue weighted by atomic mass is 9.68. The average molecular weight is 435 g/mol. The number of ether oxygens (including phenoxy) is 1. The Morgan fingerprint density at radius 2 is 1.90 bits per heavy atom. The van der Waals surface area contributed by atoms with E-state index in [-0.39, 0.29) is 35.6 Å². The van der Waals surface area contributed by atoms with E-state index in [2.05, 4.69) is 29.0 Å². The van der Waals surface area contributed by atoms with Gasteiger partial charge in [-0.05, 0) is 36.5 Å². The van der Waals surface area contributed by atoms with Crippen molar-refractivity contribution < 1.29 is 22.7 Å². The van der Waals surface area contributed by atoms with Crippen molar-refractivity contribution in [3.63, 3.8) is 0 Å². The van der Waals surface area contributed by atoms with E-state index >= 15 is 0 Å². The van der Waals surface area contributed by atoms with E-state index in [1.165, 1.54) is 12.1 Å². The van der Waals surface area contributed by atoms with Crippen LogP contribution in [0.2, 0.25) is 0 Å². The number of fused-ring (bicyclic) bond motifs is 1. The highest BCUT2D eigenvalue weighted by Gasteiger charge is 2.46. The van der Waals surface area contributed by atoms with Crippen LogP contribution in [0.1, 0.15) is 56.7 Å². The highest BCUT2D eigenvalue weighted by Crippen LogP contribution is 2.41. The van der Waals surface area contributed by atoms with Crippen molar-refractivity contribution in [2.24, 2.45) is 17.8 Å². The van der Waals surface area contributed by atoms with Crippen LogP contribution in [0.3, 0.4) is 0 Å². The molecule has 0 radical (unpaired) electrons. The van der Waals surface area contributed by atoms with E-state index < -0.39 is 6.36 Å². The van der Waals surface area contributed by atoms with E-state index in [9.17, 15) is 18.0 Å². The Morgan fingerprint density at radius 3 is 2.58 bits per heavy atom. The number of alkyl halides is 3. The number of nitrogens with one attached hydrogen (secondary N) is 1. The van der Waals surface area contributed by atoms with Crippen molar-refractivity contribution >= 4 is 5.78 Å². The van der Waals surface area contributed by atoms with Crippen molar-refractivity contribution in [2.75, 3.05) is 0 Å². The molecule has 31 heavy (non-hydrogen) atoms. The van der Waals surface area contributed by atoms with Crippen LogP contribution < -0.4 is 10.1 Å². The summed E-state index contributed by atoms with van der Waals surface area (Å²) in [6.07, 6.45) is 3.29. The molecule has 168 valence electrons. The summed E-state index contributed by atoms with van der Waals surface area (Å²) in [7, 11) is 0. The third-order valence-electron chi connectivity index (χ3n) is 6.44. The van der Waals surface area contributed by atoms with Crippen LogP contribution in [-0.2, 0) is 11.3 Å². The van der Waals surface area contributed by atoms with E-state index in [0.29, 0.717) is 12.3 Å². The molecule has 2 aromatic rings. The molecule has 2 aliphatic rings. The lowest BCUT2D eigenvalue weighted by Crippen LogP contribution is -2.55. The molecular formula is C23H28F3N3O2. The molecule has 1 saturated heterocycles. The summed E-state index contributed by atoms with van der Waals surface area (Å²) in [5.41, 5.74) is 1.79. The molecule has 1 aliphatic heterocycles. The number of benzene rings is 1. The standard InChI is InChI=1S/C23H28F3N3O2/c1-14(2)20-21(28-19-6-4-3-5-18(19)22(20)30)16-11-27-29(13-16)12-15-7-9-17(10-8-15)31-23(24,25)26/h7-11,13-14,18-21,28H,3-6,12H2,1-2H3. The van der Waals surface area contributed by atoms with Gasteiger partial charge in [-0.25, -0.2) is 0 Å². The Morgan fingerprint density at radius 1 is 1.19 bits per heavy atom. The molecule has 5 nitrogen and oxygen atoms in total. The first-order chi connectivity index (χ1) is 14.7. The fraction of sp³-hybridized carbons (Fsp3) is 0.565. The number of halogens is 3. The van der Waals surface area contributed by atoms with Gasteiger partial charge in [-0.2, -0.15) is 5.10 Å². The van der Waals surface area contributed by atoms with Gasteiger partial charge >= 0.3 is 6.36 Å².